The van der Waals surface area contributed by atoms with Crippen LogP contribution in [0.1, 0.15) is 47.0 Å². The van der Waals surface area contributed by atoms with Gasteiger partial charge in [0, 0.05) is 10.3 Å². The number of thiophene rings is 1. The molecule has 7 heteroatoms. The second-order valence-electron chi connectivity index (χ2n) is 7.69. The summed E-state index contributed by atoms with van der Waals surface area (Å²) < 4.78 is 5.71. The fourth-order valence-electron chi connectivity index (χ4n) is 4.85. The molecule has 0 aromatic carbocycles. The summed E-state index contributed by atoms with van der Waals surface area (Å²) in [5, 5.41) is 2.82. The molecule has 132 valence electrons. The monoisotopic (exact) mass is 360 g/mol. The topological polar surface area (TPSA) is 75.7 Å². The van der Waals surface area contributed by atoms with Crippen molar-refractivity contribution in [2.45, 2.75) is 51.2 Å². The molecule has 4 aliphatic rings. The second kappa shape index (κ2) is 5.38. The SMILES string of the molecule is C[C@@H]1CCc2c(C(=O)NN3C(=O)[C@@H]4[C@H](C3=O)[C@@H]3CC[C@@H]4O3)csc2C1. The van der Waals surface area contributed by atoms with E-state index in [-0.39, 0.29) is 29.9 Å². The Bertz CT molecular complexity index is 760. The van der Waals surface area contributed by atoms with Gasteiger partial charge in [0.1, 0.15) is 0 Å². The number of carbonyl (C=O) groups is 3. The lowest BCUT2D eigenvalue weighted by molar-refractivity contribution is -0.145. The van der Waals surface area contributed by atoms with Crippen molar-refractivity contribution >= 4 is 29.1 Å². The molecule has 3 amide bonds. The quantitative estimate of drug-likeness (QED) is 0.814. The zero-order valence-electron chi connectivity index (χ0n) is 14.0. The van der Waals surface area contributed by atoms with Crippen molar-refractivity contribution in [1.29, 1.82) is 0 Å². The van der Waals surface area contributed by atoms with E-state index in [1.807, 2.05) is 5.38 Å². The Hall–Kier alpha value is -1.73. The van der Waals surface area contributed by atoms with Crippen molar-refractivity contribution in [3.8, 4) is 0 Å². The third kappa shape index (κ3) is 2.15. The molecule has 0 saturated carbocycles. The maximum absolute atomic E-state index is 12.7. The highest BCUT2D eigenvalue weighted by molar-refractivity contribution is 7.10. The molecular weight excluding hydrogens is 340 g/mol. The normalized spacial score (nSPS) is 35.9. The minimum Gasteiger partial charge on any atom is -0.373 e. The van der Waals surface area contributed by atoms with E-state index < -0.39 is 11.8 Å². The third-order valence-electron chi connectivity index (χ3n) is 6.14. The van der Waals surface area contributed by atoms with Crippen LogP contribution < -0.4 is 5.43 Å². The number of hydrazine groups is 1. The summed E-state index contributed by atoms with van der Waals surface area (Å²) in [6.45, 7) is 2.22. The first-order chi connectivity index (χ1) is 12.0. The Morgan fingerprint density at radius 3 is 2.56 bits per heavy atom. The van der Waals surface area contributed by atoms with Gasteiger partial charge in [0.2, 0.25) is 0 Å². The van der Waals surface area contributed by atoms with Crippen LogP contribution in [0.5, 0.6) is 0 Å². The van der Waals surface area contributed by atoms with Gasteiger partial charge in [-0.15, -0.1) is 11.3 Å². The molecule has 5 rings (SSSR count). The van der Waals surface area contributed by atoms with Gasteiger partial charge < -0.3 is 4.74 Å². The van der Waals surface area contributed by atoms with Gasteiger partial charge in [0.15, 0.2) is 0 Å². The van der Waals surface area contributed by atoms with Gasteiger partial charge in [-0.1, -0.05) is 6.92 Å². The molecule has 3 aliphatic heterocycles. The van der Waals surface area contributed by atoms with Crippen molar-refractivity contribution in [3.05, 3.63) is 21.4 Å². The molecule has 1 aromatic rings. The zero-order chi connectivity index (χ0) is 17.3. The molecular formula is C18H20N2O4S. The molecule has 25 heavy (non-hydrogen) atoms. The summed E-state index contributed by atoms with van der Waals surface area (Å²) in [6.07, 6.45) is 4.27. The summed E-state index contributed by atoms with van der Waals surface area (Å²) in [7, 11) is 0. The van der Waals surface area contributed by atoms with E-state index in [4.69, 9.17) is 4.74 Å². The summed E-state index contributed by atoms with van der Waals surface area (Å²) >= 11 is 1.60. The summed E-state index contributed by atoms with van der Waals surface area (Å²) in [4.78, 5) is 39.3. The van der Waals surface area contributed by atoms with Gasteiger partial charge in [0.25, 0.3) is 17.7 Å². The van der Waals surface area contributed by atoms with Crippen LogP contribution in [-0.4, -0.2) is 34.9 Å². The van der Waals surface area contributed by atoms with Crippen LogP contribution in [0.25, 0.3) is 0 Å². The number of amides is 3. The van der Waals surface area contributed by atoms with E-state index in [0.29, 0.717) is 11.5 Å². The first kappa shape index (κ1) is 15.5. The Morgan fingerprint density at radius 1 is 1.20 bits per heavy atom. The van der Waals surface area contributed by atoms with E-state index in [2.05, 4.69) is 12.3 Å². The van der Waals surface area contributed by atoms with Crippen LogP contribution >= 0.6 is 11.3 Å². The first-order valence-corrected chi connectivity index (χ1v) is 9.86. The summed E-state index contributed by atoms with van der Waals surface area (Å²) in [6, 6.07) is 0. The van der Waals surface area contributed by atoms with E-state index in [1.165, 1.54) is 4.88 Å². The maximum atomic E-state index is 12.7. The fraction of sp³-hybridized carbons (Fsp3) is 0.611. The summed E-state index contributed by atoms with van der Waals surface area (Å²) in [5.74, 6) is -1.16. The van der Waals surface area contributed by atoms with Crippen molar-refractivity contribution < 1.29 is 19.1 Å². The molecule has 4 heterocycles. The molecule has 0 spiro atoms. The highest BCUT2D eigenvalue weighted by atomic mass is 32.1. The molecule has 1 aliphatic carbocycles. The molecule has 1 N–H and O–H groups in total. The first-order valence-electron chi connectivity index (χ1n) is 8.98. The van der Waals surface area contributed by atoms with Crippen molar-refractivity contribution in [3.63, 3.8) is 0 Å². The van der Waals surface area contributed by atoms with E-state index in [0.717, 1.165) is 42.7 Å². The number of nitrogens with zero attached hydrogens (tertiary/aromatic N) is 1. The lowest BCUT2D eigenvalue weighted by Gasteiger charge is -2.21. The molecule has 0 radical (unpaired) electrons. The number of fused-ring (bicyclic) bond motifs is 6. The maximum Gasteiger partial charge on any atom is 0.271 e. The van der Waals surface area contributed by atoms with Crippen LogP contribution in [-0.2, 0) is 27.2 Å². The molecule has 2 bridgehead atoms. The Kier molecular flexibility index (Phi) is 3.34. The van der Waals surface area contributed by atoms with Gasteiger partial charge in [-0.2, -0.15) is 5.01 Å². The van der Waals surface area contributed by atoms with Gasteiger partial charge >= 0.3 is 0 Å². The number of hydrogen-bond acceptors (Lipinski definition) is 5. The molecule has 0 unspecified atom stereocenters. The third-order valence-corrected chi connectivity index (χ3v) is 7.20. The van der Waals surface area contributed by atoms with Crippen LogP contribution in [0.4, 0.5) is 0 Å². The minimum atomic E-state index is -0.413. The number of carbonyl (C=O) groups excluding carboxylic acids is 3. The van der Waals surface area contributed by atoms with Crippen LogP contribution in [0.15, 0.2) is 5.38 Å². The smallest absolute Gasteiger partial charge is 0.271 e. The largest absolute Gasteiger partial charge is 0.373 e. The summed E-state index contributed by atoms with van der Waals surface area (Å²) in [5.41, 5.74) is 4.29. The Morgan fingerprint density at radius 2 is 1.88 bits per heavy atom. The number of nitrogens with one attached hydrogen (secondary N) is 1. The van der Waals surface area contributed by atoms with Gasteiger partial charge in [0.05, 0.1) is 29.6 Å². The molecule has 1 aromatic heterocycles. The predicted octanol–water partition coefficient (Wildman–Crippen LogP) is 1.68. The Balaban J connectivity index is 1.37. The van der Waals surface area contributed by atoms with E-state index >= 15 is 0 Å². The lowest BCUT2D eigenvalue weighted by atomic mass is 9.81. The average molecular weight is 360 g/mol. The Labute approximate surface area is 149 Å². The zero-order valence-corrected chi connectivity index (χ0v) is 14.8. The number of rotatable bonds is 2. The molecule has 6 nitrogen and oxygen atoms in total. The highest BCUT2D eigenvalue weighted by Gasteiger charge is 2.62. The molecule has 3 fully saturated rings. The second-order valence-corrected chi connectivity index (χ2v) is 8.66. The highest BCUT2D eigenvalue weighted by Crippen LogP contribution is 2.48. The number of imide groups is 1. The standard InChI is InChI=1S/C18H20N2O4S/c1-8-2-3-9-10(7-25-13(9)6-8)16(21)19-20-17(22)14-11-4-5-12(24-11)15(14)18(20)23/h7-8,11-12,14-15H,2-6H2,1H3,(H,19,21)/t8-,11+,12+,14-,15+/m1/s1. The number of ether oxygens (including phenoxy) is 1. The molecule has 3 saturated heterocycles. The van der Waals surface area contributed by atoms with E-state index in [1.54, 1.807) is 11.3 Å². The van der Waals surface area contributed by atoms with Crippen molar-refractivity contribution in [2.24, 2.45) is 17.8 Å². The lowest BCUT2D eigenvalue weighted by Crippen LogP contribution is -2.48. The van der Waals surface area contributed by atoms with E-state index in [9.17, 15) is 14.4 Å². The minimum absolute atomic E-state index is 0.163. The fourth-order valence-corrected chi connectivity index (χ4v) is 6.10. The van der Waals surface area contributed by atoms with Crippen LogP contribution in [0, 0.1) is 17.8 Å². The van der Waals surface area contributed by atoms with Crippen LogP contribution in [0.3, 0.4) is 0 Å². The van der Waals surface area contributed by atoms with Gasteiger partial charge in [-0.05, 0) is 43.6 Å². The average Bonchev–Trinajstić information content (AvgIpc) is 3.34. The predicted molar refractivity (Wildman–Crippen MR) is 89.7 cm³/mol. The number of hydrogen-bond donors (Lipinski definition) is 1. The van der Waals surface area contributed by atoms with Crippen LogP contribution in [0.2, 0.25) is 0 Å². The van der Waals surface area contributed by atoms with Crippen molar-refractivity contribution in [2.75, 3.05) is 0 Å². The molecule has 5 atom stereocenters. The van der Waals surface area contributed by atoms with Gasteiger partial charge in [-0.25, -0.2) is 0 Å². The van der Waals surface area contributed by atoms with Gasteiger partial charge in [-0.3, -0.25) is 19.8 Å². The van der Waals surface area contributed by atoms with Crippen molar-refractivity contribution in [1.82, 2.24) is 10.4 Å².